The lowest BCUT2D eigenvalue weighted by Gasteiger charge is -2.30. The topological polar surface area (TPSA) is 12.0 Å². The van der Waals surface area contributed by atoms with Gasteiger partial charge in [0.05, 0.1) is 0 Å². The number of halogens is 6. The maximum absolute atomic E-state index is 12.6. The summed E-state index contributed by atoms with van der Waals surface area (Å²) in [6.45, 7) is 4.69. The number of allylic oxidation sites excluding steroid dienone is 1. The van der Waals surface area contributed by atoms with E-state index in [1.807, 2.05) is 0 Å². The van der Waals surface area contributed by atoms with Crippen molar-refractivity contribution in [3.05, 3.63) is 11.6 Å². The van der Waals surface area contributed by atoms with Crippen LogP contribution >= 0.6 is 0 Å². The summed E-state index contributed by atoms with van der Waals surface area (Å²) in [5.74, 6) is -3.38. The fourth-order valence-electron chi connectivity index (χ4n) is 1.54. The molecule has 1 unspecified atom stereocenters. The minimum absolute atomic E-state index is 0.0944. The second-order valence-electron chi connectivity index (χ2n) is 4.28. The van der Waals surface area contributed by atoms with Crippen LogP contribution in [0.15, 0.2) is 11.6 Å². The summed E-state index contributed by atoms with van der Waals surface area (Å²) >= 11 is 0. The van der Waals surface area contributed by atoms with Gasteiger partial charge in [0.2, 0.25) is 0 Å². The van der Waals surface area contributed by atoms with Crippen molar-refractivity contribution in [2.45, 2.75) is 45.6 Å². The predicted octanol–water partition coefficient (Wildman–Crippen LogP) is 4.06. The van der Waals surface area contributed by atoms with Gasteiger partial charge in [-0.1, -0.05) is 18.6 Å². The molecule has 0 heterocycles. The molecule has 0 amide bonds. The summed E-state index contributed by atoms with van der Waals surface area (Å²) in [4.78, 5) is 0. The van der Waals surface area contributed by atoms with Crippen LogP contribution in [0.2, 0.25) is 0 Å². The largest absolute Gasteiger partial charge is 0.402 e. The van der Waals surface area contributed by atoms with Crippen molar-refractivity contribution in [3.63, 3.8) is 0 Å². The molecule has 1 nitrogen and oxygen atoms in total. The Labute approximate surface area is 102 Å². The molecule has 7 heteroatoms. The molecule has 18 heavy (non-hydrogen) atoms. The van der Waals surface area contributed by atoms with E-state index in [-0.39, 0.29) is 6.54 Å². The first kappa shape index (κ1) is 17.3. The zero-order valence-corrected chi connectivity index (χ0v) is 10.4. The van der Waals surface area contributed by atoms with Gasteiger partial charge in [-0.3, -0.25) is 0 Å². The quantitative estimate of drug-likeness (QED) is 0.590. The fourth-order valence-corrected chi connectivity index (χ4v) is 1.54. The molecule has 0 rings (SSSR count). The van der Waals surface area contributed by atoms with Crippen LogP contribution in [0, 0.1) is 5.92 Å². The molecule has 0 aliphatic heterocycles. The summed E-state index contributed by atoms with van der Waals surface area (Å²) in [6, 6.07) is -1.78. The van der Waals surface area contributed by atoms with E-state index < -0.39 is 24.3 Å². The van der Waals surface area contributed by atoms with E-state index in [2.05, 4.69) is 5.32 Å². The highest BCUT2D eigenvalue weighted by Crippen LogP contribution is 2.41. The van der Waals surface area contributed by atoms with E-state index in [0.717, 1.165) is 6.08 Å². The first-order chi connectivity index (χ1) is 8.00. The predicted molar refractivity (Wildman–Crippen MR) is 57.1 cm³/mol. The van der Waals surface area contributed by atoms with Crippen LogP contribution < -0.4 is 5.32 Å². The second kappa shape index (κ2) is 6.45. The van der Waals surface area contributed by atoms with Crippen LogP contribution in [0.3, 0.4) is 0 Å². The van der Waals surface area contributed by atoms with Crippen LogP contribution in [0.4, 0.5) is 26.3 Å². The van der Waals surface area contributed by atoms with Gasteiger partial charge >= 0.3 is 12.4 Å². The Bertz CT molecular complexity index is 260. The number of hydrogen-bond donors (Lipinski definition) is 1. The first-order valence-corrected chi connectivity index (χ1v) is 5.52. The van der Waals surface area contributed by atoms with E-state index in [1.54, 1.807) is 6.92 Å². The fraction of sp³-hybridized carbons (Fsp3) is 0.818. The lowest BCUT2D eigenvalue weighted by Crippen LogP contribution is -2.50. The summed E-state index contributed by atoms with van der Waals surface area (Å²) in [7, 11) is 0. The molecule has 0 fully saturated rings. The maximum atomic E-state index is 12.6. The Morgan fingerprint density at radius 2 is 1.50 bits per heavy atom. The third-order valence-electron chi connectivity index (χ3n) is 2.21. The van der Waals surface area contributed by atoms with Gasteiger partial charge in [0.25, 0.3) is 0 Å². The lowest BCUT2D eigenvalue weighted by atomic mass is 9.96. The van der Waals surface area contributed by atoms with Crippen LogP contribution in [0.25, 0.3) is 0 Å². The maximum Gasteiger partial charge on any atom is 0.402 e. The zero-order chi connectivity index (χ0) is 14.6. The van der Waals surface area contributed by atoms with Gasteiger partial charge in [-0.15, -0.1) is 0 Å². The van der Waals surface area contributed by atoms with E-state index in [9.17, 15) is 26.3 Å². The monoisotopic (exact) mass is 277 g/mol. The molecule has 1 N–H and O–H groups in total. The molecule has 1 atom stereocenters. The number of rotatable bonds is 5. The van der Waals surface area contributed by atoms with Crippen molar-refractivity contribution in [1.29, 1.82) is 0 Å². The second-order valence-corrected chi connectivity index (χ2v) is 4.28. The normalized spacial score (nSPS) is 14.8. The lowest BCUT2D eigenvalue weighted by molar-refractivity contribution is -0.288. The third kappa shape index (κ3) is 5.75. The highest BCUT2D eigenvalue weighted by molar-refractivity contribution is 5.06. The van der Waals surface area contributed by atoms with Crippen molar-refractivity contribution in [3.8, 4) is 0 Å². The van der Waals surface area contributed by atoms with Crippen LogP contribution in [-0.2, 0) is 0 Å². The molecule has 0 aromatic rings. The van der Waals surface area contributed by atoms with Gasteiger partial charge in [-0.05, 0) is 26.8 Å². The van der Waals surface area contributed by atoms with Gasteiger partial charge in [0.15, 0.2) is 5.92 Å². The van der Waals surface area contributed by atoms with Crippen LogP contribution in [0.1, 0.15) is 27.2 Å². The van der Waals surface area contributed by atoms with Crippen molar-refractivity contribution in [2.24, 2.45) is 5.92 Å². The minimum Gasteiger partial charge on any atom is -0.310 e. The van der Waals surface area contributed by atoms with Crippen molar-refractivity contribution in [1.82, 2.24) is 5.32 Å². The molecule has 0 spiro atoms. The summed E-state index contributed by atoms with van der Waals surface area (Å²) < 4.78 is 75.3. The molecule has 108 valence electrons. The molecule has 0 bridgehead atoms. The Morgan fingerprint density at radius 1 is 1.06 bits per heavy atom. The van der Waals surface area contributed by atoms with E-state index in [1.165, 1.54) is 13.8 Å². The van der Waals surface area contributed by atoms with Gasteiger partial charge in [-0.2, -0.15) is 26.3 Å². The van der Waals surface area contributed by atoms with E-state index in [4.69, 9.17) is 0 Å². The highest BCUT2D eigenvalue weighted by Gasteiger charge is 2.59. The van der Waals surface area contributed by atoms with E-state index in [0.29, 0.717) is 12.0 Å². The Kier molecular flexibility index (Phi) is 6.19. The van der Waals surface area contributed by atoms with Crippen molar-refractivity contribution >= 4 is 0 Å². The van der Waals surface area contributed by atoms with Gasteiger partial charge < -0.3 is 5.32 Å². The first-order valence-electron chi connectivity index (χ1n) is 5.52. The molecule has 0 aromatic carbocycles. The van der Waals surface area contributed by atoms with Gasteiger partial charge in [0, 0.05) is 6.04 Å². The zero-order valence-electron chi connectivity index (χ0n) is 10.4. The number of nitrogens with one attached hydrogen (secondary N) is 1. The average molecular weight is 277 g/mol. The molecule has 0 radical (unpaired) electrons. The minimum atomic E-state index is -5.32. The summed E-state index contributed by atoms with van der Waals surface area (Å²) in [5.41, 5.74) is 0.405. The molecular weight excluding hydrogens is 260 g/mol. The Hall–Kier alpha value is -0.720. The third-order valence-corrected chi connectivity index (χ3v) is 2.21. The summed E-state index contributed by atoms with van der Waals surface area (Å²) in [6.07, 6.45) is -9.22. The summed E-state index contributed by atoms with van der Waals surface area (Å²) in [5, 5.41) is 2.30. The number of hydrogen-bond acceptors (Lipinski definition) is 1. The van der Waals surface area contributed by atoms with Gasteiger partial charge in [-0.25, -0.2) is 0 Å². The molecule has 0 aliphatic rings. The Morgan fingerprint density at radius 3 is 1.78 bits per heavy atom. The van der Waals surface area contributed by atoms with Crippen LogP contribution in [0.5, 0.6) is 0 Å². The molecule has 0 aromatic heterocycles. The molecule has 0 saturated heterocycles. The molecule has 0 saturated carbocycles. The average Bonchev–Trinajstić information content (AvgIpc) is 2.08. The Balaban J connectivity index is 5.28. The van der Waals surface area contributed by atoms with Crippen LogP contribution in [-0.4, -0.2) is 24.9 Å². The standard InChI is InChI=1S/C11H17F6N/c1-4-5-18-8(6-7(2)3)9(10(12,13)14)11(15,16)17/h6,8-9,18H,4-5H2,1-3H3. The van der Waals surface area contributed by atoms with Crippen molar-refractivity contribution in [2.75, 3.05) is 6.54 Å². The molecular formula is C11H17F6N. The van der Waals surface area contributed by atoms with Crippen molar-refractivity contribution < 1.29 is 26.3 Å². The SMILES string of the molecule is CCCNC(C=C(C)C)C(C(F)(F)F)C(F)(F)F. The molecule has 0 aliphatic carbocycles. The van der Waals surface area contributed by atoms with Gasteiger partial charge in [0.1, 0.15) is 0 Å². The smallest absolute Gasteiger partial charge is 0.310 e. The van der Waals surface area contributed by atoms with E-state index >= 15 is 0 Å². The highest BCUT2D eigenvalue weighted by atomic mass is 19.4. The number of alkyl halides is 6.